The second kappa shape index (κ2) is 10.8. The average Bonchev–Trinajstić information content (AvgIpc) is 3.33. The van der Waals surface area contributed by atoms with Crippen LogP contribution in [0.15, 0.2) is 54.6 Å². The van der Waals surface area contributed by atoms with Crippen LogP contribution in [0.1, 0.15) is 29.4 Å². The van der Waals surface area contributed by atoms with Crippen molar-refractivity contribution in [3.8, 4) is 22.8 Å². The molecule has 0 unspecified atom stereocenters. The van der Waals surface area contributed by atoms with Crippen LogP contribution in [0.3, 0.4) is 0 Å². The maximum absolute atomic E-state index is 13.9. The van der Waals surface area contributed by atoms with Crippen LogP contribution in [0.4, 0.5) is 0 Å². The van der Waals surface area contributed by atoms with Gasteiger partial charge in [0.2, 0.25) is 5.91 Å². The summed E-state index contributed by atoms with van der Waals surface area (Å²) in [6.45, 7) is 3.12. The highest BCUT2D eigenvalue weighted by Gasteiger charge is 2.48. The maximum Gasteiger partial charge on any atom is 0.273 e. The van der Waals surface area contributed by atoms with Crippen molar-refractivity contribution in [2.45, 2.75) is 32.0 Å². The molecule has 0 radical (unpaired) electrons. The molecule has 0 bridgehead atoms. The molecule has 4 rings (SSSR count). The molecule has 0 saturated heterocycles. The van der Waals surface area contributed by atoms with Gasteiger partial charge in [0.25, 0.3) is 5.91 Å². The van der Waals surface area contributed by atoms with E-state index in [0.29, 0.717) is 42.5 Å². The molecule has 2 amide bonds. The van der Waals surface area contributed by atoms with Gasteiger partial charge in [0, 0.05) is 31.4 Å². The molecular weight excluding hydrogens is 460 g/mol. The first-order chi connectivity index (χ1) is 17.4. The molecular formula is C27H32N4O5. The van der Waals surface area contributed by atoms with E-state index in [-0.39, 0.29) is 24.9 Å². The summed E-state index contributed by atoms with van der Waals surface area (Å²) < 4.78 is 17.7. The molecule has 1 aliphatic heterocycles. The minimum Gasteiger partial charge on any atom is -0.497 e. The van der Waals surface area contributed by atoms with Crippen molar-refractivity contribution in [1.29, 1.82) is 0 Å². The predicted molar refractivity (Wildman–Crippen MR) is 135 cm³/mol. The van der Waals surface area contributed by atoms with E-state index in [0.717, 1.165) is 11.1 Å². The smallest absolute Gasteiger partial charge is 0.273 e. The Bertz CT molecular complexity index is 1230. The topological polar surface area (TPSA) is 94.9 Å². The number of hydrogen-bond acceptors (Lipinski definition) is 6. The lowest BCUT2D eigenvalue weighted by atomic mass is 9.93. The van der Waals surface area contributed by atoms with Crippen molar-refractivity contribution in [3.63, 3.8) is 0 Å². The van der Waals surface area contributed by atoms with E-state index in [4.69, 9.17) is 14.2 Å². The number of amides is 2. The van der Waals surface area contributed by atoms with Crippen molar-refractivity contribution in [1.82, 2.24) is 20.0 Å². The fourth-order valence-corrected chi connectivity index (χ4v) is 4.42. The van der Waals surface area contributed by atoms with Gasteiger partial charge in [0.15, 0.2) is 0 Å². The summed E-state index contributed by atoms with van der Waals surface area (Å²) in [5, 5.41) is 7.66. The number of nitrogens with zero attached hydrogens (tertiary/aromatic N) is 3. The number of aromatic nitrogens is 2. The van der Waals surface area contributed by atoms with Gasteiger partial charge < -0.3 is 24.4 Å². The Kier molecular flexibility index (Phi) is 7.59. The van der Waals surface area contributed by atoms with Gasteiger partial charge in [-0.3, -0.25) is 14.3 Å². The van der Waals surface area contributed by atoms with Crippen LogP contribution < -0.4 is 14.8 Å². The van der Waals surface area contributed by atoms with E-state index >= 15 is 0 Å². The summed E-state index contributed by atoms with van der Waals surface area (Å²) in [5.41, 5.74) is 1.56. The number of ether oxygens (including phenoxy) is 3. The third-order valence-electron chi connectivity index (χ3n) is 6.48. The van der Waals surface area contributed by atoms with Crippen molar-refractivity contribution in [2.24, 2.45) is 0 Å². The number of methoxy groups -OCH3 is 3. The lowest BCUT2D eigenvalue weighted by Crippen LogP contribution is -2.63. The Hall–Kier alpha value is -3.85. The third kappa shape index (κ3) is 4.92. The molecule has 1 aromatic heterocycles. The molecule has 0 saturated carbocycles. The molecule has 1 N–H and O–H groups in total. The number of carbonyl (C=O) groups is 2. The number of rotatable bonds is 10. The quantitative estimate of drug-likeness (QED) is 0.437. The number of fused-ring (bicyclic) bond motifs is 1. The maximum atomic E-state index is 13.9. The van der Waals surface area contributed by atoms with E-state index in [2.05, 4.69) is 10.4 Å². The lowest BCUT2D eigenvalue weighted by molar-refractivity contribution is -0.133. The van der Waals surface area contributed by atoms with Gasteiger partial charge in [0.05, 0.1) is 33.0 Å². The summed E-state index contributed by atoms with van der Waals surface area (Å²) >= 11 is 0. The van der Waals surface area contributed by atoms with Crippen molar-refractivity contribution < 1.29 is 23.8 Å². The Balaban J connectivity index is 1.73. The van der Waals surface area contributed by atoms with Crippen molar-refractivity contribution in [2.75, 3.05) is 34.5 Å². The molecule has 2 aromatic carbocycles. The average molecular weight is 493 g/mol. The van der Waals surface area contributed by atoms with E-state index in [1.807, 2.05) is 36.4 Å². The first-order valence-electron chi connectivity index (χ1n) is 11.8. The molecule has 0 spiro atoms. The van der Waals surface area contributed by atoms with Crippen LogP contribution in [-0.2, 0) is 22.6 Å². The largest absolute Gasteiger partial charge is 0.497 e. The minimum absolute atomic E-state index is 0.160. The van der Waals surface area contributed by atoms with Crippen LogP contribution in [0.25, 0.3) is 11.3 Å². The molecule has 3 aromatic rings. The first kappa shape index (κ1) is 25.2. The van der Waals surface area contributed by atoms with E-state index in [1.54, 1.807) is 56.0 Å². The number of carbonyl (C=O) groups excluding carboxylic acids is 2. The van der Waals surface area contributed by atoms with Crippen molar-refractivity contribution in [3.05, 3.63) is 65.9 Å². The number of benzene rings is 2. The second-order valence-electron chi connectivity index (χ2n) is 8.88. The highest BCUT2D eigenvalue weighted by atomic mass is 16.5. The molecule has 2 heterocycles. The Morgan fingerprint density at radius 3 is 2.56 bits per heavy atom. The second-order valence-corrected chi connectivity index (χ2v) is 8.88. The van der Waals surface area contributed by atoms with Crippen LogP contribution in [-0.4, -0.2) is 66.5 Å². The van der Waals surface area contributed by atoms with Crippen LogP contribution >= 0.6 is 0 Å². The molecule has 36 heavy (non-hydrogen) atoms. The molecule has 1 aliphatic rings. The van der Waals surface area contributed by atoms with E-state index in [9.17, 15) is 9.59 Å². The summed E-state index contributed by atoms with van der Waals surface area (Å²) in [4.78, 5) is 29.1. The van der Waals surface area contributed by atoms with Crippen LogP contribution in [0.5, 0.6) is 11.5 Å². The number of nitrogens with one attached hydrogen (secondary N) is 1. The van der Waals surface area contributed by atoms with Crippen LogP contribution in [0, 0.1) is 0 Å². The predicted octanol–water partition coefficient (Wildman–Crippen LogP) is 3.13. The monoisotopic (exact) mass is 492 g/mol. The zero-order chi connectivity index (χ0) is 25.7. The normalized spacial score (nSPS) is 17.0. The van der Waals surface area contributed by atoms with Gasteiger partial charge in [-0.1, -0.05) is 30.3 Å². The zero-order valence-corrected chi connectivity index (χ0v) is 21.1. The highest BCUT2D eigenvalue weighted by molar-refractivity contribution is 6.00. The number of hydrogen-bond donors (Lipinski definition) is 1. The molecule has 1 atom stereocenters. The Morgan fingerprint density at radius 1 is 1.08 bits per heavy atom. The van der Waals surface area contributed by atoms with Gasteiger partial charge in [0.1, 0.15) is 22.7 Å². The summed E-state index contributed by atoms with van der Waals surface area (Å²) in [6.07, 6.45) is 0.668. The van der Waals surface area contributed by atoms with E-state index < -0.39 is 5.54 Å². The molecule has 190 valence electrons. The summed E-state index contributed by atoms with van der Waals surface area (Å²) in [7, 11) is 4.78. The summed E-state index contributed by atoms with van der Waals surface area (Å²) in [6, 6.07) is 16.9. The third-order valence-corrected chi connectivity index (χ3v) is 6.48. The van der Waals surface area contributed by atoms with Gasteiger partial charge in [-0.15, -0.1) is 0 Å². The van der Waals surface area contributed by atoms with Gasteiger partial charge in [-0.2, -0.15) is 5.10 Å². The SMILES string of the molecule is COCCCNC(=O)[C@@]1(C)Cn2nc(-c3ccccc3)cc2C(=O)N1Cc1cc(OC)ccc1OC. The minimum atomic E-state index is -1.19. The highest BCUT2D eigenvalue weighted by Crippen LogP contribution is 2.34. The Labute approximate surface area is 210 Å². The fraction of sp³-hybridized carbons (Fsp3) is 0.370. The van der Waals surface area contributed by atoms with E-state index in [1.165, 1.54) is 0 Å². The standard InChI is InChI=1S/C27H32N4O5/c1-27(26(33)28-13-8-14-34-2)18-31-23(16-22(29-31)19-9-6-5-7-10-19)25(32)30(27)17-20-15-21(35-3)11-12-24(20)36-4/h5-7,9-12,15-16H,8,13-14,17-18H2,1-4H3,(H,28,33)/t27-/m1/s1. The molecule has 0 fully saturated rings. The molecule has 9 heteroatoms. The van der Waals surface area contributed by atoms with Gasteiger partial charge >= 0.3 is 0 Å². The fourth-order valence-electron chi connectivity index (χ4n) is 4.42. The summed E-state index contributed by atoms with van der Waals surface area (Å²) in [5.74, 6) is 0.708. The van der Waals surface area contributed by atoms with Crippen LogP contribution in [0.2, 0.25) is 0 Å². The molecule has 0 aliphatic carbocycles. The first-order valence-corrected chi connectivity index (χ1v) is 11.8. The van der Waals surface area contributed by atoms with Crippen molar-refractivity contribution >= 4 is 11.8 Å². The molecule has 9 nitrogen and oxygen atoms in total. The zero-order valence-electron chi connectivity index (χ0n) is 21.1. The van der Waals surface area contributed by atoms with Gasteiger partial charge in [-0.25, -0.2) is 0 Å². The van der Waals surface area contributed by atoms with Gasteiger partial charge in [-0.05, 0) is 37.6 Å². The Morgan fingerprint density at radius 2 is 1.86 bits per heavy atom. The lowest BCUT2D eigenvalue weighted by Gasteiger charge is -2.43.